The van der Waals surface area contributed by atoms with Gasteiger partial charge in [0.25, 0.3) is 0 Å². The maximum Gasteiger partial charge on any atom is 0.0952 e. The average Bonchev–Trinajstić information content (AvgIpc) is 2.94. The van der Waals surface area contributed by atoms with Crippen LogP contribution in [0.15, 0.2) is 61.7 Å². The SMILES string of the molecule is C=CCC(C)(C)C(O)C(c1ccccc1)n1ccnc1. The predicted molar refractivity (Wildman–Crippen MR) is 81.4 cm³/mol. The number of aliphatic hydroxyl groups is 1. The molecule has 20 heavy (non-hydrogen) atoms. The van der Waals surface area contributed by atoms with Gasteiger partial charge >= 0.3 is 0 Å². The van der Waals surface area contributed by atoms with Crippen molar-refractivity contribution >= 4 is 0 Å². The molecule has 0 saturated heterocycles. The Bertz CT molecular complexity index is 531. The molecule has 106 valence electrons. The van der Waals surface area contributed by atoms with E-state index in [0.717, 1.165) is 12.0 Å². The molecule has 0 amide bonds. The first-order chi connectivity index (χ1) is 9.56. The zero-order valence-electron chi connectivity index (χ0n) is 12.1. The van der Waals surface area contributed by atoms with Crippen molar-refractivity contribution in [3.05, 3.63) is 67.3 Å². The highest BCUT2D eigenvalue weighted by atomic mass is 16.3. The minimum atomic E-state index is -0.530. The third-order valence-corrected chi connectivity index (χ3v) is 3.76. The van der Waals surface area contributed by atoms with Crippen LogP contribution in [0.1, 0.15) is 31.9 Å². The van der Waals surface area contributed by atoms with E-state index >= 15 is 0 Å². The highest BCUT2D eigenvalue weighted by Gasteiger charge is 2.35. The van der Waals surface area contributed by atoms with Gasteiger partial charge in [-0.15, -0.1) is 6.58 Å². The van der Waals surface area contributed by atoms with Crippen molar-refractivity contribution in [3.63, 3.8) is 0 Å². The molecule has 2 unspecified atom stereocenters. The van der Waals surface area contributed by atoms with Crippen molar-refractivity contribution in [2.45, 2.75) is 32.4 Å². The highest BCUT2D eigenvalue weighted by Crippen LogP contribution is 2.35. The fourth-order valence-electron chi connectivity index (χ4n) is 2.52. The number of rotatable bonds is 6. The van der Waals surface area contributed by atoms with Crippen LogP contribution in [0, 0.1) is 5.41 Å². The Kier molecular flexibility index (Phi) is 4.40. The summed E-state index contributed by atoms with van der Waals surface area (Å²) in [6.45, 7) is 7.92. The molecule has 0 aliphatic carbocycles. The first kappa shape index (κ1) is 14.5. The number of aromatic nitrogens is 2. The first-order valence-electron chi connectivity index (χ1n) is 6.87. The van der Waals surface area contributed by atoms with E-state index in [2.05, 4.69) is 25.4 Å². The topological polar surface area (TPSA) is 38.0 Å². The molecule has 0 bridgehead atoms. The number of benzene rings is 1. The monoisotopic (exact) mass is 270 g/mol. The smallest absolute Gasteiger partial charge is 0.0952 e. The van der Waals surface area contributed by atoms with Gasteiger partial charge in [-0.3, -0.25) is 0 Å². The molecule has 2 atom stereocenters. The summed E-state index contributed by atoms with van der Waals surface area (Å²) in [5.74, 6) is 0. The molecule has 0 saturated carbocycles. The lowest BCUT2D eigenvalue weighted by atomic mass is 9.78. The molecule has 1 aromatic heterocycles. The summed E-state index contributed by atoms with van der Waals surface area (Å²) in [7, 11) is 0. The van der Waals surface area contributed by atoms with E-state index in [1.807, 2.05) is 47.2 Å². The Morgan fingerprint density at radius 3 is 2.60 bits per heavy atom. The van der Waals surface area contributed by atoms with Gasteiger partial charge in [-0.2, -0.15) is 0 Å². The van der Waals surface area contributed by atoms with Crippen LogP contribution in [-0.4, -0.2) is 20.8 Å². The Morgan fingerprint density at radius 2 is 2.05 bits per heavy atom. The minimum Gasteiger partial charge on any atom is -0.390 e. The van der Waals surface area contributed by atoms with Crippen molar-refractivity contribution in [1.29, 1.82) is 0 Å². The maximum absolute atomic E-state index is 10.9. The van der Waals surface area contributed by atoms with E-state index in [0.29, 0.717) is 0 Å². The fourth-order valence-corrected chi connectivity index (χ4v) is 2.52. The van der Waals surface area contributed by atoms with Crippen LogP contribution in [0.3, 0.4) is 0 Å². The second kappa shape index (κ2) is 6.06. The molecule has 3 heteroatoms. The predicted octanol–water partition coefficient (Wildman–Crippen LogP) is 3.44. The number of hydrogen-bond donors (Lipinski definition) is 1. The number of allylic oxidation sites excluding steroid dienone is 1. The molecule has 2 aromatic rings. The Balaban J connectivity index is 2.40. The largest absolute Gasteiger partial charge is 0.390 e. The fraction of sp³-hybridized carbons (Fsp3) is 0.353. The van der Waals surface area contributed by atoms with Crippen LogP contribution in [0.5, 0.6) is 0 Å². The van der Waals surface area contributed by atoms with Crippen molar-refractivity contribution in [1.82, 2.24) is 9.55 Å². The Hall–Kier alpha value is -1.87. The third kappa shape index (κ3) is 2.99. The molecule has 0 aliphatic heterocycles. The van der Waals surface area contributed by atoms with Gasteiger partial charge in [0.15, 0.2) is 0 Å². The van der Waals surface area contributed by atoms with Gasteiger partial charge in [0.2, 0.25) is 0 Å². The summed E-state index contributed by atoms with van der Waals surface area (Å²) in [5, 5.41) is 10.9. The lowest BCUT2D eigenvalue weighted by Crippen LogP contribution is -2.37. The van der Waals surface area contributed by atoms with Crippen molar-refractivity contribution < 1.29 is 5.11 Å². The van der Waals surface area contributed by atoms with Crippen molar-refractivity contribution in [3.8, 4) is 0 Å². The quantitative estimate of drug-likeness (QED) is 0.817. The zero-order valence-corrected chi connectivity index (χ0v) is 12.1. The molecule has 1 aromatic carbocycles. The van der Waals surface area contributed by atoms with Gasteiger partial charge in [-0.25, -0.2) is 4.98 Å². The summed E-state index contributed by atoms with van der Waals surface area (Å²) < 4.78 is 1.96. The van der Waals surface area contributed by atoms with Gasteiger partial charge in [-0.05, 0) is 17.4 Å². The Labute approximate surface area is 120 Å². The summed E-state index contributed by atoms with van der Waals surface area (Å²) in [5.41, 5.74) is 0.821. The van der Waals surface area contributed by atoms with Crippen LogP contribution in [-0.2, 0) is 0 Å². The lowest BCUT2D eigenvalue weighted by Gasteiger charge is -2.36. The summed E-state index contributed by atoms with van der Waals surface area (Å²) in [6.07, 6.45) is 7.47. The van der Waals surface area contributed by atoms with Crippen molar-refractivity contribution in [2.75, 3.05) is 0 Å². The van der Waals surface area contributed by atoms with Gasteiger partial charge in [-0.1, -0.05) is 50.3 Å². The third-order valence-electron chi connectivity index (χ3n) is 3.76. The first-order valence-corrected chi connectivity index (χ1v) is 6.87. The molecule has 0 radical (unpaired) electrons. The van der Waals surface area contributed by atoms with Crippen LogP contribution < -0.4 is 0 Å². The molecular formula is C17H22N2O. The maximum atomic E-state index is 10.9. The highest BCUT2D eigenvalue weighted by molar-refractivity contribution is 5.22. The standard InChI is InChI=1S/C17H22N2O/c1-4-10-17(2,3)16(20)15(19-12-11-18-13-19)14-8-6-5-7-9-14/h4-9,11-13,15-16,20H,1,10H2,2-3H3. The van der Waals surface area contributed by atoms with Gasteiger partial charge in [0.1, 0.15) is 0 Å². The summed E-state index contributed by atoms with van der Waals surface area (Å²) >= 11 is 0. The molecular weight excluding hydrogens is 248 g/mol. The van der Waals surface area contributed by atoms with Gasteiger partial charge in [0, 0.05) is 12.4 Å². The summed E-state index contributed by atoms with van der Waals surface area (Å²) in [6, 6.07) is 9.90. The van der Waals surface area contributed by atoms with E-state index in [9.17, 15) is 5.11 Å². The Morgan fingerprint density at radius 1 is 1.35 bits per heavy atom. The number of aliphatic hydroxyl groups excluding tert-OH is 1. The number of hydrogen-bond acceptors (Lipinski definition) is 2. The average molecular weight is 270 g/mol. The summed E-state index contributed by atoms with van der Waals surface area (Å²) in [4.78, 5) is 4.11. The molecule has 1 N–H and O–H groups in total. The number of imidazole rings is 1. The van der Waals surface area contributed by atoms with Crippen LogP contribution in [0.2, 0.25) is 0 Å². The number of nitrogens with zero attached hydrogens (tertiary/aromatic N) is 2. The zero-order chi connectivity index (χ0) is 14.6. The van der Waals surface area contributed by atoms with Gasteiger partial charge < -0.3 is 9.67 Å². The second-order valence-electron chi connectivity index (χ2n) is 5.79. The van der Waals surface area contributed by atoms with E-state index < -0.39 is 6.10 Å². The lowest BCUT2D eigenvalue weighted by molar-refractivity contribution is 0.0202. The van der Waals surface area contributed by atoms with Crippen LogP contribution >= 0.6 is 0 Å². The van der Waals surface area contributed by atoms with E-state index in [4.69, 9.17) is 0 Å². The molecule has 0 fully saturated rings. The molecule has 2 rings (SSSR count). The van der Waals surface area contributed by atoms with Crippen LogP contribution in [0.25, 0.3) is 0 Å². The second-order valence-corrected chi connectivity index (χ2v) is 5.79. The molecule has 3 nitrogen and oxygen atoms in total. The molecule has 0 aliphatic rings. The van der Waals surface area contributed by atoms with E-state index in [1.54, 1.807) is 12.5 Å². The minimum absolute atomic E-state index is 0.145. The van der Waals surface area contributed by atoms with E-state index in [1.165, 1.54) is 0 Å². The molecule has 1 heterocycles. The normalized spacial score (nSPS) is 14.8. The van der Waals surface area contributed by atoms with Crippen LogP contribution in [0.4, 0.5) is 0 Å². The van der Waals surface area contributed by atoms with Gasteiger partial charge in [0.05, 0.1) is 18.5 Å². The molecule has 0 spiro atoms. The van der Waals surface area contributed by atoms with E-state index in [-0.39, 0.29) is 11.5 Å². The van der Waals surface area contributed by atoms with Crippen molar-refractivity contribution in [2.24, 2.45) is 5.41 Å².